The highest BCUT2D eigenvalue weighted by atomic mass is 14.8. The van der Waals surface area contributed by atoms with Crippen LogP contribution in [0.1, 0.15) is 26.7 Å². The minimum atomic E-state index is 0.844. The van der Waals surface area contributed by atoms with Crippen LogP contribution in [0.3, 0.4) is 0 Å². The maximum Gasteiger partial charge on any atom is -0.00484 e. The minimum Gasteiger partial charge on any atom is -0.317 e. The van der Waals surface area contributed by atoms with Gasteiger partial charge in [0.2, 0.25) is 0 Å². The zero-order valence-corrected chi connectivity index (χ0v) is 6.61. The second-order valence-corrected chi connectivity index (χ2v) is 2.79. The maximum atomic E-state index is 3.69. The summed E-state index contributed by atoms with van der Waals surface area (Å²) in [6.45, 7) is 10.2. The third kappa shape index (κ3) is 7.96. The Kier molecular flexibility index (Phi) is 6.06. The molecule has 9 heavy (non-hydrogen) atoms. The van der Waals surface area contributed by atoms with Crippen molar-refractivity contribution in [1.29, 1.82) is 0 Å². The zero-order valence-electron chi connectivity index (χ0n) is 6.61. The molecular weight excluding hydrogens is 110 g/mol. The fourth-order valence-electron chi connectivity index (χ4n) is 0.760. The molecule has 0 bridgehead atoms. The minimum absolute atomic E-state index is 0.844. The Bertz CT molecular complexity index is 50.5. The molecule has 0 heterocycles. The van der Waals surface area contributed by atoms with Crippen LogP contribution >= 0.6 is 0 Å². The molecule has 0 aliphatic rings. The van der Waals surface area contributed by atoms with Crippen molar-refractivity contribution in [3.8, 4) is 0 Å². The molecular formula is C8H18N. The SMILES string of the molecule is [CH2]CNCCCC(C)C. The van der Waals surface area contributed by atoms with Crippen LogP contribution in [0.4, 0.5) is 0 Å². The molecule has 0 amide bonds. The molecule has 0 saturated heterocycles. The van der Waals surface area contributed by atoms with Gasteiger partial charge in [0.1, 0.15) is 0 Å². The topological polar surface area (TPSA) is 12.0 Å². The zero-order chi connectivity index (χ0) is 7.11. The first kappa shape index (κ1) is 8.96. The summed E-state index contributed by atoms with van der Waals surface area (Å²) < 4.78 is 0. The summed E-state index contributed by atoms with van der Waals surface area (Å²) in [5.41, 5.74) is 0. The number of hydrogen-bond acceptors (Lipinski definition) is 1. The van der Waals surface area contributed by atoms with E-state index in [4.69, 9.17) is 0 Å². The van der Waals surface area contributed by atoms with Crippen LogP contribution < -0.4 is 5.32 Å². The monoisotopic (exact) mass is 128 g/mol. The Hall–Kier alpha value is -0.0400. The summed E-state index contributed by atoms with van der Waals surface area (Å²) in [4.78, 5) is 0. The average Bonchev–Trinajstić information content (AvgIpc) is 1.80. The van der Waals surface area contributed by atoms with Crippen molar-refractivity contribution in [2.24, 2.45) is 5.92 Å². The smallest absolute Gasteiger partial charge is 0.00484 e. The van der Waals surface area contributed by atoms with E-state index in [2.05, 4.69) is 26.1 Å². The molecule has 0 aromatic carbocycles. The molecule has 0 aromatic rings. The van der Waals surface area contributed by atoms with Crippen LogP contribution in [-0.2, 0) is 0 Å². The summed E-state index contributed by atoms with van der Waals surface area (Å²) in [5, 5.41) is 3.19. The molecule has 55 valence electrons. The van der Waals surface area contributed by atoms with Gasteiger partial charge in [0.05, 0.1) is 0 Å². The van der Waals surface area contributed by atoms with Crippen LogP contribution in [-0.4, -0.2) is 13.1 Å². The normalized spacial score (nSPS) is 10.7. The van der Waals surface area contributed by atoms with Crippen molar-refractivity contribution in [1.82, 2.24) is 5.32 Å². The van der Waals surface area contributed by atoms with Gasteiger partial charge in [0.25, 0.3) is 0 Å². The molecule has 0 atom stereocenters. The van der Waals surface area contributed by atoms with Gasteiger partial charge in [-0.05, 0) is 38.8 Å². The van der Waals surface area contributed by atoms with E-state index in [1.165, 1.54) is 12.8 Å². The van der Waals surface area contributed by atoms with Crippen LogP contribution in [0, 0.1) is 12.8 Å². The molecule has 0 aliphatic heterocycles. The molecule has 0 spiro atoms. The van der Waals surface area contributed by atoms with Gasteiger partial charge in [-0.3, -0.25) is 0 Å². The lowest BCUT2D eigenvalue weighted by molar-refractivity contribution is 0.537. The predicted molar refractivity (Wildman–Crippen MR) is 42.3 cm³/mol. The second kappa shape index (κ2) is 6.09. The Morgan fingerprint density at radius 2 is 2.11 bits per heavy atom. The summed E-state index contributed by atoms with van der Waals surface area (Å²) in [5.74, 6) is 0.844. The first-order valence-corrected chi connectivity index (χ1v) is 3.77. The van der Waals surface area contributed by atoms with Crippen molar-refractivity contribution >= 4 is 0 Å². The molecule has 0 unspecified atom stereocenters. The predicted octanol–water partition coefficient (Wildman–Crippen LogP) is 1.85. The Labute approximate surface area is 58.8 Å². The maximum absolute atomic E-state index is 3.69. The first-order chi connectivity index (χ1) is 4.27. The van der Waals surface area contributed by atoms with Gasteiger partial charge < -0.3 is 5.32 Å². The van der Waals surface area contributed by atoms with Crippen molar-refractivity contribution in [3.05, 3.63) is 6.92 Å². The molecule has 1 radical (unpaired) electrons. The standard InChI is InChI=1S/C8H18N/c1-4-9-7-5-6-8(2)3/h8-9H,1,4-7H2,2-3H3. The Balaban J connectivity index is 2.75. The van der Waals surface area contributed by atoms with Gasteiger partial charge in [0, 0.05) is 0 Å². The third-order valence-electron chi connectivity index (χ3n) is 1.31. The van der Waals surface area contributed by atoms with Crippen LogP contribution in [0.2, 0.25) is 0 Å². The third-order valence-corrected chi connectivity index (χ3v) is 1.31. The van der Waals surface area contributed by atoms with Crippen molar-refractivity contribution in [2.75, 3.05) is 13.1 Å². The molecule has 1 heteroatoms. The number of rotatable bonds is 5. The molecule has 1 nitrogen and oxygen atoms in total. The van der Waals surface area contributed by atoms with E-state index in [1.54, 1.807) is 0 Å². The van der Waals surface area contributed by atoms with E-state index >= 15 is 0 Å². The van der Waals surface area contributed by atoms with Crippen molar-refractivity contribution in [2.45, 2.75) is 26.7 Å². The lowest BCUT2D eigenvalue weighted by Gasteiger charge is -2.03. The van der Waals surface area contributed by atoms with E-state index in [1.807, 2.05) is 0 Å². The van der Waals surface area contributed by atoms with Crippen molar-refractivity contribution < 1.29 is 0 Å². The quantitative estimate of drug-likeness (QED) is 0.557. The number of nitrogens with one attached hydrogen (secondary N) is 1. The summed E-state index contributed by atoms with van der Waals surface area (Å²) >= 11 is 0. The summed E-state index contributed by atoms with van der Waals surface area (Å²) in [6, 6.07) is 0. The van der Waals surface area contributed by atoms with Gasteiger partial charge in [-0.1, -0.05) is 13.8 Å². The molecule has 1 N–H and O–H groups in total. The van der Waals surface area contributed by atoms with Crippen LogP contribution in [0.15, 0.2) is 0 Å². The fraction of sp³-hybridized carbons (Fsp3) is 0.875. The molecule has 0 aliphatic carbocycles. The highest BCUT2D eigenvalue weighted by Gasteiger charge is 1.91. The Morgan fingerprint density at radius 3 is 2.56 bits per heavy atom. The van der Waals surface area contributed by atoms with Gasteiger partial charge in [-0.2, -0.15) is 0 Å². The summed E-state index contributed by atoms with van der Waals surface area (Å²) in [7, 11) is 0. The molecule has 0 fully saturated rings. The molecule has 0 rings (SSSR count). The van der Waals surface area contributed by atoms with Gasteiger partial charge >= 0.3 is 0 Å². The van der Waals surface area contributed by atoms with E-state index in [-0.39, 0.29) is 0 Å². The van der Waals surface area contributed by atoms with Crippen LogP contribution in [0.5, 0.6) is 0 Å². The highest BCUT2D eigenvalue weighted by molar-refractivity contribution is 4.50. The van der Waals surface area contributed by atoms with Crippen LogP contribution in [0.25, 0.3) is 0 Å². The second-order valence-electron chi connectivity index (χ2n) is 2.79. The lowest BCUT2D eigenvalue weighted by atomic mass is 10.1. The first-order valence-electron chi connectivity index (χ1n) is 3.77. The fourth-order valence-corrected chi connectivity index (χ4v) is 0.760. The van der Waals surface area contributed by atoms with Crippen molar-refractivity contribution in [3.63, 3.8) is 0 Å². The van der Waals surface area contributed by atoms with E-state index in [0.29, 0.717) is 0 Å². The van der Waals surface area contributed by atoms with E-state index < -0.39 is 0 Å². The van der Waals surface area contributed by atoms with E-state index in [0.717, 1.165) is 19.0 Å². The number of hydrogen-bond donors (Lipinski definition) is 1. The summed E-state index contributed by atoms with van der Waals surface area (Å²) in [6.07, 6.45) is 2.61. The van der Waals surface area contributed by atoms with Gasteiger partial charge in [-0.15, -0.1) is 0 Å². The molecule has 0 saturated carbocycles. The largest absolute Gasteiger partial charge is 0.317 e. The molecule has 0 aromatic heterocycles. The lowest BCUT2D eigenvalue weighted by Crippen LogP contribution is -2.14. The Morgan fingerprint density at radius 1 is 1.44 bits per heavy atom. The van der Waals surface area contributed by atoms with Gasteiger partial charge in [0.15, 0.2) is 0 Å². The average molecular weight is 128 g/mol. The van der Waals surface area contributed by atoms with Gasteiger partial charge in [-0.25, -0.2) is 0 Å². The van der Waals surface area contributed by atoms with E-state index in [9.17, 15) is 0 Å². The highest BCUT2D eigenvalue weighted by Crippen LogP contribution is 2.01.